The number of anilines is 4. The highest BCUT2D eigenvalue weighted by molar-refractivity contribution is 5.78. The fourth-order valence-electron chi connectivity index (χ4n) is 2.50. The van der Waals surface area contributed by atoms with Crippen molar-refractivity contribution in [3.63, 3.8) is 0 Å². The lowest BCUT2D eigenvalue weighted by atomic mass is 10.2. The molecule has 0 saturated heterocycles. The van der Waals surface area contributed by atoms with Gasteiger partial charge in [-0.3, -0.25) is 0 Å². The zero-order valence-electron chi connectivity index (χ0n) is 14.4. The lowest BCUT2D eigenvalue weighted by Gasteiger charge is -2.11. The van der Waals surface area contributed by atoms with Gasteiger partial charge in [-0.15, -0.1) is 0 Å². The summed E-state index contributed by atoms with van der Waals surface area (Å²) in [6.07, 6.45) is 3.21. The molecule has 2 aromatic carbocycles. The predicted molar refractivity (Wildman–Crippen MR) is 100 cm³/mol. The van der Waals surface area contributed by atoms with E-state index in [1.807, 2.05) is 49.4 Å². The summed E-state index contributed by atoms with van der Waals surface area (Å²) in [5.41, 5.74) is 4.23. The Kier molecular flexibility index (Phi) is 4.10. The molecule has 0 aliphatic rings. The van der Waals surface area contributed by atoms with Gasteiger partial charge in [0, 0.05) is 23.1 Å². The maximum atomic E-state index is 5.27. The van der Waals surface area contributed by atoms with Gasteiger partial charge in [0.1, 0.15) is 17.1 Å². The van der Waals surface area contributed by atoms with Gasteiger partial charge in [0.2, 0.25) is 5.95 Å². The highest BCUT2D eigenvalue weighted by Crippen LogP contribution is 2.24. The van der Waals surface area contributed by atoms with Crippen LogP contribution >= 0.6 is 0 Å². The highest BCUT2D eigenvalue weighted by Gasteiger charge is 2.07. The number of hydrogen-bond donors (Lipinski definition) is 2. The maximum absolute atomic E-state index is 5.27. The fraction of sp³-hybridized carbons (Fsp3) is 0.105. The number of methoxy groups -OCH3 is 1. The van der Waals surface area contributed by atoms with Gasteiger partial charge in [-0.25, -0.2) is 9.97 Å². The number of hydrogen-bond acceptors (Lipinski definition) is 7. The van der Waals surface area contributed by atoms with Crippen LogP contribution in [-0.2, 0) is 0 Å². The van der Waals surface area contributed by atoms with Crippen molar-refractivity contribution in [3.05, 3.63) is 60.6 Å². The molecule has 4 aromatic rings. The molecule has 0 fully saturated rings. The van der Waals surface area contributed by atoms with Crippen LogP contribution in [0.25, 0.3) is 11.1 Å². The monoisotopic (exact) mass is 347 g/mol. The van der Waals surface area contributed by atoms with Crippen LogP contribution in [0.5, 0.6) is 5.75 Å². The number of ether oxygens (including phenoxy) is 1. The molecular formula is C19H17N5O2. The van der Waals surface area contributed by atoms with E-state index >= 15 is 0 Å². The van der Waals surface area contributed by atoms with Crippen molar-refractivity contribution in [1.29, 1.82) is 0 Å². The number of oxazole rings is 1. The third kappa shape index (κ3) is 3.27. The molecule has 0 aliphatic heterocycles. The van der Waals surface area contributed by atoms with Crippen LogP contribution in [0.1, 0.15) is 5.56 Å². The number of aryl methyl sites for hydroxylation is 1. The Labute approximate surface area is 150 Å². The van der Waals surface area contributed by atoms with Crippen LogP contribution in [0, 0.1) is 6.92 Å². The molecule has 0 atom stereocenters. The Bertz CT molecular complexity index is 1040. The standard InChI is InChI=1S/C19H17N5O2/c1-12-10-20-19(23-13-3-6-15(25-2)7-4-13)24-18(12)22-14-5-8-17-16(9-14)21-11-26-17/h3-11H,1-2H3,(H2,20,22,23,24). The Morgan fingerprint density at radius 3 is 2.58 bits per heavy atom. The molecule has 2 N–H and O–H groups in total. The molecule has 130 valence electrons. The van der Waals surface area contributed by atoms with Crippen molar-refractivity contribution in [3.8, 4) is 5.75 Å². The quantitative estimate of drug-likeness (QED) is 0.552. The molecule has 2 heterocycles. The normalized spacial score (nSPS) is 10.7. The van der Waals surface area contributed by atoms with Crippen LogP contribution in [-0.4, -0.2) is 22.1 Å². The van der Waals surface area contributed by atoms with Crippen molar-refractivity contribution >= 4 is 34.2 Å². The van der Waals surface area contributed by atoms with E-state index < -0.39 is 0 Å². The number of nitrogens with one attached hydrogen (secondary N) is 2. The van der Waals surface area contributed by atoms with Crippen molar-refractivity contribution in [1.82, 2.24) is 15.0 Å². The topological polar surface area (TPSA) is 85.1 Å². The van der Waals surface area contributed by atoms with E-state index in [9.17, 15) is 0 Å². The molecule has 7 heteroatoms. The second-order valence-electron chi connectivity index (χ2n) is 5.74. The third-order valence-corrected chi connectivity index (χ3v) is 3.91. The molecule has 0 amide bonds. The molecule has 0 saturated carbocycles. The smallest absolute Gasteiger partial charge is 0.229 e. The number of rotatable bonds is 5. The lowest BCUT2D eigenvalue weighted by Crippen LogP contribution is -2.02. The van der Waals surface area contributed by atoms with Gasteiger partial charge in [-0.1, -0.05) is 0 Å². The van der Waals surface area contributed by atoms with Crippen molar-refractivity contribution in [2.45, 2.75) is 6.92 Å². The molecule has 2 aromatic heterocycles. The van der Waals surface area contributed by atoms with Crippen molar-refractivity contribution < 1.29 is 9.15 Å². The fourth-order valence-corrected chi connectivity index (χ4v) is 2.50. The van der Waals surface area contributed by atoms with Gasteiger partial charge in [-0.05, 0) is 49.4 Å². The molecule has 26 heavy (non-hydrogen) atoms. The van der Waals surface area contributed by atoms with E-state index in [0.717, 1.165) is 39.6 Å². The first-order valence-electron chi connectivity index (χ1n) is 8.06. The van der Waals surface area contributed by atoms with Crippen LogP contribution < -0.4 is 15.4 Å². The average Bonchev–Trinajstić information content (AvgIpc) is 3.13. The number of fused-ring (bicyclic) bond motifs is 1. The van der Waals surface area contributed by atoms with Crippen molar-refractivity contribution in [2.75, 3.05) is 17.7 Å². The van der Waals surface area contributed by atoms with Crippen LogP contribution in [0.15, 0.2) is 59.5 Å². The predicted octanol–water partition coefficient (Wildman–Crippen LogP) is 4.42. The lowest BCUT2D eigenvalue weighted by molar-refractivity contribution is 0.415. The van der Waals surface area contributed by atoms with E-state index in [2.05, 4.69) is 25.6 Å². The molecule has 0 bridgehead atoms. The van der Waals surface area contributed by atoms with E-state index in [1.165, 1.54) is 6.39 Å². The summed E-state index contributed by atoms with van der Waals surface area (Å²) in [5, 5.41) is 6.49. The minimum absolute atomic E-state index is 0.505. The summed E-state index contributed by atoms with van der Waals surface area (Å²) in [7, 11) is 1.64. The van der Waals surface area contributed by atoms with Crippen LogP contribution in [0.3, 0.4) is 0 Å². The first-order valence-corrected chi connectivity index (χ1v) is 8.06. The number of benzene rings is 2. The number of aromatic nitrogens is 3. The summed E-state index contributed by atoms with van der Waals surface area (Å²) in [6, 6.07) is 13.3. The minimum Gasteiger partial charge on any atom is -0.497 e. The Morgan fingerprint density at radius 1 is 0.962 bits per heavy atom. The SMILES string of the molecule is COc1ccc(Nc2ncc(C)c(Nc3ccc4ocnc4c3)n2)cc1. The average molecular weight is 347 g/mol. The van der Waals surface area contributed by atoms with Gasteiger partial charge < -0.3 is 19.8 Å². The Hall–Kier alpha value is -3.61. The summed E-state index contributed by atoms with van der Waals surface area (Å²) < 4.78 is 10.4. The van der Waals surface area contributed by atoms with Crippen molar-refractivity contribution in [2.24, 2.45) is 0 Å². The molecule has 0 spiro atoms. The third-order valence-electron chi connectivity index (χ3n) is 3.91. The van der Waals surface area contributed by atoms with E-state index in [4.69, 9.17) is 9.15 Å². The van der Waals surface area contributed by atoms with Gasteiger partial charge in [0.05, 0.1) is 7.11 Å². The second-order valence-corrected chi connectivity index (χ2v) is 5.74. The number of nitrogens with zero attached hydrogens (tertiary/aromatic N) is 3. The molecule has 0 unspecified atom stereocenters. The Morgan fingerprint density at radius 2 is 1.77 bits per heavy atom. The maximum Gasteiger partial charge on any atom is 0.229 e. The summed E-state index contributed by atoms with van der Waals surface area (Å²) in [4.78, 5) is 13.1. The summed E-state index contributed by atoms with van der Waals surface area (Å²) in [6.45, 7) is 1.95. The summed E-state index contributed by atoms with van der Waals surface area (Å²) >= 11 is 0. The van der Waals surface area contributed by atoms with Gasteiger partial charge in [0.25, 0.3) is 0 Å². The van der Waals surface area contributed by atoms with Gasteiger partial charge in [-0.2, -0.15) is 4.98 Å². The van der Waals surface area contributed by atoms with Crippen LogP contribution in [0.2, 0.25) is 0 Å². The second kappa shape index (κ2) is 6.72. The molecule has 4 rings (SSSR count). The first kappa shape index (κ1) is 15.9. The van der Waals surface area contributed by atoms with Crippen LogP contribution in [0.4, 0.5) is 23.1 Å². The van der Waals surface area contributed by atoms with E-state index in [1.54, 1.807) is 13.3 Å². The summed E-state index contributed by atoms with van der Waals surface area (Å²) in [5.74, 6) is 2.02. The molecule has 0 radical (unpaired) electrons. The zero-order valence-corrected chi connectivity index (χ0v) is 14.4. The van der Waals surface area contributed by atoms with Gasteiger partial charge in [0.15, 0.2) is 12.0 Å². The minimum atomic E-state index is 0.505. The molecular weight excluding hydrogens is 330 g/mol. The molecule has 0 aliphatic carbocycles. The zero-order chi connectivity index (χ0) is 17.9. The van der Waals surface area contributed by atoms with Gasteiger partial charge >= 0.3 is 0 Å². The van der Waals surface area contributed by atoms with E-state index in [0.29, 0.717) is 5.95 Å². The first-order chi connectivity index (χ1) is 12.7. The Balaban J connectivity index is 1.56. The largest absolute Gasteiger partial charge is 0.497 e. The molecule has 7 nitrogen and oxygen atoms in total. The van der Waals surface area contributed by atoms with E-state index in [-0.39, 0.29) is 0 Å². The highest BCUT2D eigenvalue weighted by atomic mass is 16.5.